The molecule has 14 heteroatoms. The second-order valence-corrected chi connectivity index (χ2v) is 9.61. The van der Waals surface area contributed by atoms with E-state index in [2.05, 4.69) is 37.0 Å². The van der Waals surface area contributed by atoms with Gasteiger partial charge in [-0.1, -0.05) is 11.6 Å². The molecule has 4 rings (SSSR count). The number of halogens is 4. The lowest BCUT2D eigenvalue weighted by Gasteiger charge is -2.17. The van der Waals surface area contributed by atoms with Gasteiger partial charge >= 0.3 is 12.1 Å². The third-order valence-electron chi connectivity index (χ3n) is 6.02. The number of carboxylic acids is 1. The maximum absolute atomic E-state index is 12.6. The third kappa shape index (κ3) is 8.65. The SMILES string of the molecule is Cc1cc(C[C@@H]2CN[C@@H](C(=O)N[C@@H](C)C(=O)NCc3cnc4[nH]cc(Cl)c4c3)C2)ccn1.O=C(O)C(F)(F)F. The molecule has 2 amide bonds. The number of alkyl halides is 3. The fraction of sp³-hybridized carbons (Fsp3) is 0.400. The number of hydrogen-bond donors (Lipinski definition) is 5. The van der Waals surface area contributed by atoms with E-state index >= 15 is 0 Å². The zero-order valence-corrected chi connectivity index (χ0v) is 21.9. The van der Waals surface area contributed by atoms with Crippen molar-refractivity contribution >= 4 is 40.4 Å². The van der Waals surface area contributed by atoms with E-state index in [4.69, 9.17) is 21.5 Å². The van der Waals surface area contributed by atoms with Gasteiger partial charge in [0.15, 0.2) is 0 Å². The summed E-state index contributed by atoms with van der Waals surface area (Å²) in [4.78, 5) is 45.5. The van der Waals surface area contributed by atoms with E-state index in [0.29, 0.717) is 23.1 Å². The molecule has 0 radical (unpaired) electrons. The molecule has 3 aromatic rings. The van der Waals surface area contributed by atoms with Gasteiger partial charge in [0.2, 0.25) is 11.8 Å². The average Bonchev–Trinajstić information content (AvgIpc) is 3.49. The van der Waals surface area contributed by atoms with Crippen molar-refractivity contribution in [1.82, 2.24) is 30.9 Å². The summed E-state index contributed by atoms with van der Waals surface area (Å²) in [5.41, 5.74) is 3.76. The van der Waals surface area contributed by atoms with Gasteiger partial charge in [-0.2, -0.15) is 13.2 Å². The number of amides is 2. The first kappa shape index (κ1) is 29.8. The highest BCUT2D eigenvalue weighted by Crippen LogP contribution is 2.22. The zero-order chi connectivity index (χ0) is 28.7. The van der Waals surface area contributed by atoms with Gasteiger partial charge in [-0.15, -0.1) is 0 Å². The van der Waals surface area contributed by atoms with Gasteiger partial charge in [-0.05, 0) is 68.5 Å². The van der Waals surface area contributed by atoms with Crippen LogP contribution in [-0.4, -0.2) is 62.6 Å². The molecule has 0 bridgehead atoms. The normalized spacial score (nSPS) is 17.7. The predicted octanol–water partition coefficient (Wildman–Crippen LogP) is 2.89. The summed E-state index contributed by atoms with van der Waals surface area (Å²) >= 11 is 6.12. The highest BCUT2D eigenvalue weighted by molar-refractivity contribution is 6.35. The van der Waals surface area contributed by atoms with Crippen LogP contribution in [0.2, 0.25) is 5.02 Å². The summed E-state index contributed by atoms with van der Waals surface area (Å²) in [5, 5.41) is 17.5. The van der Waals surface area contributed by atoms with Gasteiger partial charge in [0.25, 0.3) is 0 Å². The predicted molar refractivity (Wildman–Crippen MR) is 137 cm³/mol. The van der Waals surface area contributed by atoms with Crippen LogP contribution in [0.5, 0.6) is 0 Å². The number of hydrogen-bond acceptors (Lipinski definition) is 6. The fourth-order valence-corrected chi connectivity index (χ4v) is 4.26. The number of rotatable bonds is 7. The number of pyridine rings is 2. The van der Waals surface area contributed by atoms with Crippen LogP contribution in [0.1, 0.15) is 30.2 Å². The van der Waals surface area contributed by atoms with Gasteiger partial charge in [-0.3, -0.25) is 14.6 Å². The van der Waals surface area contributed by atoms with Crippen LogP contribution >= 0.6 is 11.6 Å². The number of H-pyrrole nitrogens is 1. The lowest BCUT2D eigenvalue weighted by Crippen LogP contribution is -2.49. The van der Waals surface area contributed by atoms with Crippen molar-refractivity contribution in [2.24, 2.45) is 5.92 Å². The molecule has 10 nitrogen and oxygen atoms in total. The van der Waals surface area contributed by atoms with Crippen molar-refractivity contribution in [2.75, 3.05) is 6.54 Å². The van der Waals surface area contributed by atoms with Crippen molar-refractivity contribution in [3.63, 3.8) is 0 Å². The van der Waals surface area contributed by atoms with Crippen LogP contribution in [0, 0.1) is 12.8 Å². The van der Waals surface area contributed by atoms with Crippen LogP contribution in [-0.2, 0) is 27.3 Å². The van der Waals surface area contributed by atoms with Crippen LogP contribution in [0.15, 0.2) is 36.8 Å². The first-order valence-electron chi connectivity index (χ1n) is 12.0. The molecule has 1 fully saturated rings. The number of aryl methyl sites for hydroxylation is 1. The van der Waals surface area contributed by atoms with Crippen LogP contribution in [0.25, 0.3) is 11.0 Å². The minimum Gasteiger partial charge on any atom is -0.475 e. The topological polar surface area (TPSA) is 149 Å². The van der Waals surface area contributed by atoms with Crippen molar-refractivity contribution in [3.8, 4) is 0 Å². The van der Waals surface area contributed by atoms with Crippen LogP contribution < -0.4 is 16.0 Å². The standard InChI is InChI=1S/C23H27ClN6O2.C2HF3O2/c1-13-5-15(3-4-25-13)6-16-8-20(26-9-16)23(32)30-14(2)22(31)29-11-17-7-18-19(24)12-28-21(18)27-10-17;3-2(4,5)1(6)7/h3-5,7,10,12,14,16,20,26H,6,8-9,11H2,1-2H3,(H,27,28)(H,29,31)(H,30,32);(H,6,7)/t14-,16-,20+;/m0./s1. The summed E-state index contributed by atoms with van der Waals surface area (Å²) in [7, 11) is 0. The minimum absolute atomic E-state index is 0.150. The maximum atomic E-state index is 12.6. The molecule has 39 heavy (non-hydrogen) atoms. The smallest absolute Gasteiger partial charge is 0.475 e. The van der Waals surface area contributed by atoms with Gasteiger partial charge in [0.1, 0.15) is 11.7 Å². The molecule has 0 unspecified atom stereocenters. The molecular weight excluding hydrogens is 541 g/mol. The Balaban J connectivity index is 0.000000532. The largest absolute Gasteiger partial charge is 0.490 e. The molecular formula is C25H28ClF3N6O4. The number of carbonyl (C=O) groups is 3. The van der Waals surface area contributed by atoms with Crippen molar-refractivity contribution in [2.45, 2.75) is 51.5 Å². The van der Waals surface area contributed by atoms with Crippen molar-refractivity contribution in [3.05, 3.63) is 58.6 Å². The van der Waals surface area contributed by atoms with E-state index in [1.807, 2.05) is 25.3 Å². The quantitative estimate of drug-likeness (QED) is 0.294. The number of carbonyl (C=O) groups excluding carboxylic acids is 2. The Labute approximate surface area is 226 Å². The zero-order valence-electron chi connectivity index (χ0n) is 21.1. The molecule has 0 saturated carbocycles. The number of fused-ring (bicyclic) bond motifs is 1. The second kappa shape index (κ2) is 12.9. The Morgan fingerprint density at radius 2 is 1.95 bits per heavy atom. The molecule has 1 aliphatic heterocycles. The number of aliphatic carboxylic acids is 1. The summed E-state index contributed by atoms with van der Waals surface area (Å²) in [6, 6.07) is 5.05. The van der Waals surface area contributed by atoms with Crippen LogP contribution in [0.3, 0.4) is 0 Å². The molecule has 5 N–H and O–H groups in total. The van der Waals surface area contributed by atoms with Gasteiger partial charge in [0.05, 0.1) is 11.1 Å². The van der Waals surface area contributed by atoms with E-state index in [-0.39, 0.29) is 17.9 Å². The summed E-state index contributed by atoms with van der Waals surface area (Å²) in [6.45, 7) is 4.74. The molecule has 0 aliphatic carbocycles. The Morgan fingerprint density at radius 3 is 2.62 bits per heavy atom. The van der Waals surface area contributed by atoms with Crippen LogP contribution in [0.4, 0.5) is 13.2 Å². The number of nitrogens with one attached hydrogen (secondary N) is 4. The lowest BCUT2D eigenvalue weighted by molar-refractivity contribution is -0.192. The number of carboxylic acid groups (broad SMARTS) is 1. The van der Waals surface area contributed by atoms with Crippen molar-refractivity contribution in [1.29, 1.82) is 0 Å². The Kier molecular flexibility index (Phi) is 9.86. The lowest BCUT2D eigenvalue weighted by atomic mass is 9.96. The molecule has 3 aromatic heterocycles. The highest BCUT2D eigenvalue weighted by atomic mass is 35.5. The maximum Gasteiger partial charge on any atom is 0.490 e. The summed E-state index contributed by atoms with van der Waals surface area (Å²) in [6.07, 6.45) is 1.74. The Hall–Kier alpha value is -3.71. The highest BCUT2D eigenvalue weighted by Gasteiger charge is 2.38. The molecule has 4 heterocycles. The minimum atomic E-state index is -5.08. The van der Waals surface area contributed by atoms with Gasteiger partial charge < -0.3 is 26.0 Å². The fourth-order valence-electron chi connectivity index (χ4n) is 4.06. The van der Waals surface area contributed by atoms with E-state index in [0.717, 1.165) is 36.0 Å². The molecule has 1 saturated heterocycles. The first-order chi connectivity index (χ1) is 18.3. The molecule has 210 valence electrons. The van der Waals surface area contributed by atoms with E-state index in [1.54, 1.807) is 19.3 Å². The molecule has 0 aromatic carbocycles. The average molecular weight is 569 g/mol. The summed E-state index contributed by atoms with van der Waals surface area (Å²) in [5.74, 6) is -2.78. The Bertz CT molecular complexity index is 1330. The summed E-state index contributed by atoms with van der Waals surface area (Å²) < 4.78 is 31.7. The number of aromatic nitrogens is 3. The molecule has 3 atom stereocenters. The molecule has 0 spiro atoms. The van der Waals surface area contributed by atoms with Gasteiger partial charge in [-0.25, -0.2) is 9.78 Å². The Morgan fingerprint density at radius 1 is 1.23 bits per heavy atom. The second-order valence-electron chi connectivity index (χ2n) is 9.20. The monoisotopic (exact) mass is 568 g/mol. The first-order valence-corrected chi connectivity index (χ1v) is 12.4. The van der Waals surface area contributed by atoms with E-state index in [9.17, 15) is 22.8 Å². The van der Waals surface area contributed by atoms with E-state index in [1.165, 1.54) is 5.56 Å². The number of aromatic amines is 1. The van der Waals surface area contributed by atoms with Gasteiger partial charge in [0, 0.05) is 36.2 Å². The number of nitrogens with zero attached hydrogens (tertiary/aromatic N) is 2. The third-order valence-corrected chi connectivity index (χ3v) is 6.34. The molecule has 1 aliphatic rings. The van der Waals surface area contributed by atoms with Crippen molar-refractivity contribution < 1.29 is 32.7 Å². The van der Waals surface area contributed by atoms with E-state index < -0.39 is 18.2 Å².